The van der Waals surface area contributed by atoms with Crippen LogP contribution in [0.25, 0.3) is 0 Å². The van der Waals surface area contributed by atoms with Crippen LogP contribution in [0.15, 0.2) is 55.0 Å². The molecule has 0 radical (unpaired) electrons. The lowest BCUT2D eigenvalue weighted by Gasteiger charge is -2.29. The highest BCUT2D eigenvalue weighted by Gasteiger charge is 2.18. The Balaban J connectivity index is 0.000000303. The quantitative estimate of drug-likeness (QED) is 0.201. The van der Waals surface area contributed by atoms with Gasteiger partial charge in [-0.05, 0) is 38.1 Å². The highest BCUT2D eigenvalue weighted by molar-refractivity contribution is 5.76. The van der Waals surface area contributed by atoms with E-state index >= 15 is 0 Å². The summed E-state index contributed by atoms with van der Waals surface area (Å²) in [4.78, 5) is 40.1. The van der Waals surface area contributed by atoms with Gasteiger partial charge in [-0.1, -0.05) is 17.7 Å². The minimum Gasteiger partial charge on any atom is -0.492 e. The minimum absolute atomic E-state index is 0.0198. The third kappa shape index (κ3) is 14.4. The van der Waals surface area contributed by atoms with Gasteiger partial charge in [0.25, 0.3) is 6.47 Å². The molecule has 1 aromatic carbocycles. The van der Waals surface area contributed by atoms with Crippen LogP contribution >= 0.6 is 0 Å². The van der Waals surface area contributed by atoms with Crippen molar-refractivity contribution in [3.05, 3.63) is 60.6 Å². The zero-order chi connectivity index (χ0) is 34.4. The summed E-state index contributed by atoms with van der Waals surface area (Å²) in [6.07, 6.45) is 7.46. The molecule has 1 atom stereocenters. The van der Waals surface area contributed by atoms with Crippen molar-refractivity contribution >= 4 is 24.5 Å². The Morgan fingerprint density at radius 3 is 2.62 bits per heavy atom. The number of methoxy groups -OCH3 is 1. The Labute approximate surface area is 281 Å². The zero-order valence-electron chi connectivity index (χ0n) is 27.7. The van der Waals surface area contributed by atoms with Gasteiger partial charge in [0.2, 0.25) is 18.2 Å². The molecule has 2 fully saturated rings. The van der Waals surface area contributed by atoms with Crippen molar-refractivity contribution in [3.63, 3.8) is 0 Å². The number of hydrogen-bond acceptors (Lipinski definition) is 11. The molecule has 2 aliphatic heterocycles. The van der Waals surface area contributed by atoms with Crippen molar-refractivity contribution in [3.8, 4) is 17.4 Å². The van der Waals surface area contributed by atoms with Crippen molar-refractivity contribution in [2.24, 2.45) is 0 Å². The molecule has 262 valence electrons. The molecule has 0 bridgehead atoms. The molecule has 3 N–H and O–H groups in total. The van der Waals surface area contributed by atoms with Gasteiger partial charge in [-0.3, -0.25) is 19.1 Å². The van der Waals surface area contributed by atoms with E-state index < -0.39 is 0 Å². The summed E-state index contributed by atoms with van der Waals surface area (Å²) in [5.74, 6) is 2.14. The SMILES string of the molecule is COc1cc(OC2CCOC2)ccn1.Cc1ccc(OCCN(CCCN2CCNCC2)C(=O)Cn2cc(NC=O)cn2)cc1.O=CO. The number of ether oxygens (including phenoxy) is 4. The molecular weight excluding hydrogens is 622 g/mol. The molecule has 15 nitrogen and oxygen atoms in total. The fourth-order valence-corrected chi connectivity index (χ4v) is 4.90. The third-order valence-corrected chi connectivity index (χ3v) is 7.38. The monoisotopic (exact) mass is 669 g/mol. The first kappa shape index (κ1) is 37.7. The van der Waals surface area contributed by atoms with Crippen LogP contribution in [0.3, 0.4) is 0 Å². The molecule has 2 aromatic heterocycles. The van der Waals surface area contributed by atoms with Crippen LogP contribution in [0, 0.1) is 6.92 Å². The molecule has 48 heavy (non-hydrogen) atoms. The van der Waals surface area contributed by atoms with Gasteiger partial charge in [-0.25, -0.2) is 4.98 Å². The number of carboxylic acid groups (broad SMARTS) is 1. The van der Waals surface area contributed by atoms with Crippen molar-refractivity contribution in [2.75, 3.05) is 78.1 Å². The first-order valence-corrected chi connectivity index (χ1v) is 15.9. The molecule has 2 saturated heterocycles. The van der Waals surface area contributed by atoms with Crippen LogP contribution in [-0.2, 0) is 25.7 Å². The van der Waals surface area contributed by atoms with Gasteiger partial charge in [0.15, 0.2) is 0 Å². The molecular formula is C33H47N7O8. The van der Waals surface area contributed by atoms with Crippen molar-refractivity contribution in [2.45, 2.75) is 32.4 Å². The molecule has 4 heterocycles. The van der Waals surface area contributed by atoms with E-state index in [4.69, 9.17) is 28.8 Å². The molecule has 3 aromatic rings. The Kier molecular flexibility index (Phi) is 17.3. The fourth-order valence-electron chi connectivity index (χ4n) is 4.90. The van der Waals surface area contributed by atoms with E-state index in [0.29, 0.717) is 44.3 Å². The van der Waals surface area contributed by atoms with Gasteiger partial charge in [0.05, 0.1) is 38.8 Å². The second-order valence-corrected chi connectivity index (χ2v) is 10.9. The summed E-state index contributed by atoms with van der Waals surface area (Å²) in [6, 6.07) is 11.5. The Bertz CT molecular complexity index is 1350. The molecule has 2 aliphatic rings. The molecule has 5 rings (SSSR count). The third-order valence-electron chi connectivity index (χ3n) is 7.38. The lowest BCUT2D eigenvalue weighted by Crippen LogP contribution is -2.45. The average Bonchev–Trinajstić information content (AvgIpc) is 3.78. The Morgan fingerprint density at radius 1 is 1.17 bits per heavy atom. The first-order valence-electron chi connectivity index (χ1n) is 15.9. The summed E-state index contributed by atoms with van der Waals surface area (Å²) in [7, 11) is 1.59. The number of amides is 2. The number of nitrogens with zero attached hydrogens (tertiary/aromatic N) is 5. The highest BCUT2D eigenvalue weighted by Crippen LogP contribution is 2.20. The van der Waals surface area contributed by atoms with E-state index in [9.17, 15) is 9.59 Å². The molecule has 1 unspecified atom stereocenters. The summed E-state index contributed by atoms with van der Waals surface area (Å²) in [5.41, 5.74) is 1.75. The number of aryl methyl sites for hydroxylation is 1. The van der Waals surface area contributed by atoms with Crippen LogP contribution in [0.5, 0.6) is 17.4 Å². The second-order valence-electron chi connectivity index (χ2n) is 10.9. The topological polar surface area (TPSA) is 170 Å². The largest absolute Gasteiger partial charge is 0.492 e. The van der Waals surface area contributed by atoms with E-state index in [-0.39, 0.29) is 25.0 Å². The number of pyridine rings is 1. The van der Waals surface area contributed by atoms with Gasteiger partial charge < -0.3 is 44.5 Å². The number of carbonyl (C=O) groups excluding carboxylic acids is 2. The lowest BCUT2D eigenvalue weighted by molar-refractivity contribution is -0.132. The van der Waals surface area contributed by atoms with Crippen molar-refractivity contribution < 1.29 is 38.4 Å². The van der Waals surface area contributed by atoms with Gasteiger partial charge in [-0.2, -0.15) is 5.10 Å². The molecule has 15 heteroatoms. The number of hydrogen-bond donors (Lipinski definition) is 3. The summed E-state index contributed by atoms with van der Waals surface area (Å²) in [6.45, 7) is 10.1. The first-order chi connectivity index (χ1) is 23.4. The predicted octanol–water partition coefficient (Wildman–Crippen LogP) is 1.92. The number of rotatable bonds is 15. The highest BCUT2D eigenvalue weighted by atomic mass is 16.5. The maximum Gasteiger partial charge on any atom is 0.290 e. The Hall–Kier alpha value is -4.73. The van der Waals surface area contributed by atoms with E-state index in [1.807, 2.05) is 42.2 Å². The summed E-state index contributed by atoms with van der Waals surface area (Å²) < 4.78 is 23.3. The van der Waals surface area contributed by atoms with E-state index in [2.05, 4.69) is 25.6 Å². The van der Waals surface area contributed by atoms with Gasteiger partial charge in [0.1, 0.15) is 30.8 Å². The van der Waals surface area contributed by atoms with Crippen molar-refractivity contribution in [1.82, 2.24) is 29.9 Å². The van der Waals surface area contributed by atoms with Crippen molar-refractivity contribution in [1.29, 1.82) is 0 Å². The number of benzene rings is 1. The van der Waals surface area contributed by atoms with Crippen LogP contribution in [0.1, 0.15) is 18.4 Å². The fraction of sp³-hybridized carbons (Fsp3) is 0.485. The van der Waals surface area contributed by atoms with E-state index in [0.717, 1.165) is 63.7 Å². The van der Waals surface area contributed by atoms with Crippen LogP contribution in [0.2, 0.25) is 0 Å². The maximum atomic E-state index is 12.9. The maximum absolute atomic E-state index is 12.9. The van der Waals surface area contributed by atoms with Crippen LogP contribution in [-0.4, -0.2) is 127 Å². The molecule has 2 amide bonds. The standard InChI is InChI=1S/C22H32N6O3.C10H13NO3.CH2O2/c1-19-3-5-21(6-4-19)31-14-13-27(10-2-9-26-11-7-23-8-12-26)22(30)17-28-16-20(15-25-28)24-18-29;1-12-10-6-8(2-4-11-10)14-9-3-5-13-7-9;2-1-3/h3-6,15-16,18,23H,2,7-14,17H2,1H3,(H,24,29);2,4,6,9H,3,5,7H2,1H3;1H,(H,2,3). The van der Waals surface area contributed by atoms with Gasteiger partial charge in [0, 0.05) is 57.6 Å². The lowest BCUT2D eigenvalue weighted by atomic mass is 10.2. The zero-order valence-corrected chi connectivity index (χ0v) is 27.7. The van der Waals surface area contributed by atoms with Gasteiger partial charge in [-0.15, -0.1) is 0 Å². The van der Waals surface area contributed by atoms with Crippen LogP contribution < -0.4 is 24.8 Å². The Morgan fingerprint density at radius 2 is 1.94 bits per heavy atom. The van der Waals surface area contributed by atoms with E-state index in [1.165, 1.54) is 16.4 Å². The van der Waals surface area contributed by atoms with Gasteiger partial charge >= 0.3 is 0 Å². The number of piperazine rings is 1. The molecule has 0 spiro atoms. The summed E-state index contributed by atoms with van der Waals surface area (Å²) >= 11 is 0. The number of nitrogens with one attached hydrogen (secondary N) is 2. The smallest absolute Gasteiger partial charge is 0.290 e. The second kappa shape index (κ2) is 22.0. The van der Waals surface area contributed by atoms with E-state index in [1.54, 1.807) is 25.6 Å². The number of carbonyl (C=O) groups is 3. The number of anilines is 1. The van der Waals surface area contributed by atoms with Crippen LogP contribution in [0.4, 0.5) is 5.69 Å². The predicted molar refractivity (Wildman–Crippen MR) is 178 cm³/mol. The molecule has 0 aliphatic carbocycles. The normalized spacial score (nSPS) is 15.5. The summed E-state index contributed by atoms with van der Waals surface area (Å²) in [5, 5.41) is 16.9. The molecule has 0 saturated carbocycles. The number of aromatic nitrogens is 3. The average molecular weight is 670 g/mol. The minimum atomic E-state index is -0.250.